The van der Waals surface area contributed by atoms with E-state index >= 15 is 0 Å². The van der Waals surface area contributed by atoms with Crippen LogP contribution in [-0.4, -0.2) is 41.0 Å². The van der Waals surface area contributed by atoms with E-state index in [9.17, 15) is 21.6 Å². The third-order valence-electron chi connectivity index (χ3n) is 5.41. The smallest absolute Gasteiger partial charge is 0.399 e. The second kappa shape index (κ2) is 7.76. The monoisotopic (exact) mass is 476 g/mol. The van der Waals surface area contributed by atoms with Gasteiger partial charge in [0.05, 0.1) is 23.8 Å². The molecule has 4 N–H and O–H groups in total. The zero-order chi connectivity index (χ0) is 22.6. The lowest BCUT2D eigenvalue weighted by Crippen LogP contribution is -2.55. The van der Waals surface area contributed by atoms with Gasteiger partial charge in [-0.05, 0) is 42.3 Å². The van der Waals surface area contributed by atoms with Crippen LogP contribution in [0.4, 0.5) is 24.7 Å². The molecule has 4 rings (SSSR count). The van der Waals surface area contributed by atoms with E-state index in [0.29, 0.717) is 29.9 Å². The zero-order valence-corrected chi connectivity index (χ0v) is 17.9. The van der Waals surface area contributed by atoms with Crippen LogP contribution in [0.15, 0.2) is 18.2 Å². The van der Waals surface area contributed by atoms with Crippen molar-refractivity contribution in [3.05, 3.63) is 45.9 Å². The Labute approximate surface area is 182 Å². The topological polar surface area (TPSA) is 113 Å². The predicted octanol–water partition coefficient (Wildman–Crippen LogP) is 2.52. The first-order valence-electron chi connectivity index (χ1n) is 9.44. The minimum Gasteiger partial charge on any atom is -0.399 e. The summed E-state index contributed by atoms with van der Waals surface area (Å²) >= 11 is 6.02. The van der Waals surface area contributed by atoms with Crippen LogP contribution in [0.5, 0.6) is 0 Å². The molecule has 3 heterocycles. The van der Waals surface area contributed by atoms with E-state index < -0.39 is 33.1 Å². The van der Waals surface area contributed by atoms with Gasteiger partial charge in [0.2, 0.25) is 15.3 Å². The van der Waals surface area contributed by atoms with Crippen molar-refractivity contribution in [3.63, 3.8) is 0 Å². The number of nitrogen functional groups attached to an aromatic ring is 1. The average molecular weight is 477 g/mol. The van der Waals surface area contributed by atoms with Gasteiger partial charge in [-0.2, -0.15) is 17.5 Å². The Kier molecular flexibility index (Phi) is 5.53. The number of nitrogens with two attached hydrogens (primary N) is 1. The van der Waals surface area contributed by atoms with Crippen molar-refractivity contribution in [2.75, 3.05) is 24.1 Å². The summed E-state index contributed by atoms with van der Waals surface area (Å²) in [6, 6.07) is 2.71. The van der Waals surface area contributed by atoms with Crippen LogP contribution >= 0.6 is 11.6 Å². The Morgan fingerprint density at radius 1 is 1.26 bits per heavy atom. The largest absolute Gasteiger partial charge is 0.416 e. The second-order valence-electron chi connectivity index (χ2n) is 7.61. The van der Waals surface area contributed by atoms with Crippen LogP contribution < -0.4 is 16.4 Å². The summed E-state index contributed by atoms with van der Waals surface area (Å²) in [7, 11) is -3.52. The fourth-order valence-corrected chi connectivity index (χ4v) is 5.43. The van der Waals surface area contributed by atoms with Gasteiger partial charge in [0.1, 0.15) is 11.1 Å². The fraction of sp³-hybridized carbons (Fsp3) is 0.444. The van der Waals surface area contributed by atoms with Crippen LogP contribution in [0, 0.1) is 0 Å². The molecule has 1 aromatic carbocycles. The number of anilines is 2. The lowest BCUT2D eigenvalue weighted by atomic mass is 10.0. The highest BCUT2D eigenvalue weighted by molar-refractivity contribution is 7.89. The van der Waals surface area contributed by atoms with Gasteiger partial charge >= 0.3 is 6.18 Å². The molecule has 0 saturated carbocycles. The Balaban J connectivity index is 1.61. The lowest BCUT2D eigenvalue weighted by molar-refractivity contribution is -0.137. The van der Waals surface area contributed by atoms with Gasteiger partial charge in [-0.3, -0.25) is 0 Å². The van der Waals surface area contributed by atoms with Crippen LogP contribution in [0.25, 0.3) is 0 Å². The third-order valence-corrected chi connectivity index (χ3v) is 7.73. The molecular formula is C18H20ClF3N6O2S. The molecule has 2 aliphatic rings. The quantitative estimate of drug-likeness (QED) is 0.449. The number of hydrogen-bond donors (Lipinski definition) is 3. The molecule has 1 atom stereocenters. The molecule has 31 heavy (non-hydrogen) atoms. The minimum atomic E-state index is -4.53. The van der Waals surface area contributed by atoms with Crippen molar-refractivity contribution in [2.45, 2.75) is 37.5 Å². The van der Waals surface area contributed by atoms with Gasteiger partial charge in [0, 0.05) is 30.9 Å². The van der Waals surface area contributed by atoms with E-state index in [0.717, 1.165) is 12.1 Å². The van der Waals surface area contributed by atoms with E-state index in [1.807, 2.05) is 0 Å². The van der Waals surface area contributed by atoms with Crippen LogP contribution in [0.1, 0.15) is 35.3 Å². The molecule has 1 saturated heterocycles. The second-order valence-corrected chi connectivity index (χ2v) is 10.2. The molecule has 0 unspecified atom stereocenters. The highest BCUT2D eigenvalue weighted by atomic mass is 35.5. The molecule has 0 aliphatic carbocycles. The first-order valence-corrected chi connectivity index (χ1v) is 11.3. The molecule has 1 fully saturated rings. The Bertz CT molecular complexity index is 1120. The predicted molar refractivity (Wildman–Crippen MR) is 110 cm³/mol. The maximum atomic E-state index is 13.1. The number of fused-ring (bicyclic) bond motifs is 1. The summed E-state index contributed by atoms with van der Waals surface area (Å²) in [6.45, 7) is 2.56. The van der Waals surface area contributed by atoms with Crippen molar-refractivity contribution in [1.29, 1.82) is 0 Å². The Hall–Kier alpha value is -2.15. The van der Waals surface area contributed by atoms with Gasteiger partial charge < -0.3 is 16.4 Å². The fourth-order valence-electron chi connectivity index (χ4n) is 3.56. The summed E-state index contributed by atoms with van der Waals surface area (Å²) in [6.07, 6.45) is -4.53. The van der Waals surface area contributed by atoms with Crippen molar-refractivity contribution < 1.29 is 21.6 Å². The zero-order valence-electron chi connectivity index (χ0n) is 16.4. The van der Waals surface area contributed by atoms with Crippen molar-refractivity contribution in [2.24, 2.45) is 0 Å². The summed E-state index contributed by atoms with van der Waals surface area (Å²) in [5.41, 5.74) is 6.11. The number of nitrogens with one attached hydrogen (secondary N) is 2. The molecule has 8 nitrogen and oxygen atoms in total. The van der Waals surface area contributed by atoms with Crippen molar-refractivity contribution in [1.82, 2.24) is 19.6 Å². The van der Waals surface area contributed by atoms with Crippen LogP contribution in [0.2, 0.25) is 5.28 Å². The molecule has 0 bridgehead atoms. The molecule has 1 aromatic heterocycles. The highest BCUT2D eigenvalue weighted by Gasteiger charge is 2.40. The minimum absolute atomic E-state index is 0.0178. The highest BCUT2D eigenvalue weighted by Crippen LogP contribution is 2.35. The van der Waals surface area contributed by atoms with E-state index in [1.54, 1.807) is 6.92 Å². The number of benzene rings is 1. The van der Waals surface area contributed by atoms with Gasteiger partial charge in [0.15, 0.2) is 0 Å². The maximum Gasteiger partial charge on any atom is 0.416 e. The van der Waals surface area contributed by atoms with E-state index in [1.165, 1.54) is 10.4 Å². The number of halogens is 4. The molecule has 2 aliphatic heterocycles. The molecular weight excluding hydrogens is 457 g/mol. The molecule has 2 aromatic rings. The summed E-state index contributed by atoms with van der Waals surface area (Å²) < 4.78 is 66.3. The molecule has 168 valence electrons. The first-order chi connectivity index (χ1) is 14.4. The summed E-state index contributed by atoms with van der Waals surface area (Å²) in [4.78, 5) is 8.30. The molecule has 0 amide bonds. The Morgan fingerprint density at radius 2 is 1.97 bits per heavy atom. The normalized spacial score (nSPS) is 18.5. The average Bonchev–Trinajstić information content (AvgIpc) is 3.03. The van der Waals surface area contributed by atoms with Gasteiger partial charge in [-0.15, -0.1) is 0 Å². The number of sulfonamides is 1. The van der Waals surface area contributed by atoms with Gasteiger partial charge in [-0.25, -0.2) is 18.4 Å². The molecule has 0 spiro atoms. The van der Waals surface area contributed by atoms with E-state index in [-0.39, 0.29) is 29.9 Å². The molecule has 13 heteroatoms. The number of rotatable bonds is 5. The van der Waals surface area contributed by atoms with Crippen LogP contribution in [-0.2, 0) is 29.3 Å². The first kappa shape index (κ1) is 22.1. The number of nitrogens with zero attached hydrogens (tertiary/aromatic N) is 3. The maximum absolute atomic E-state index is 13.1. The third kappa shape index (κ3) is 4.29. The number of aromatic nitrogens is 2. The summed E-state index contributed by atoms with van der Waals surface area (Å²) in [5, 5.41) is 5.41. The van der Waals surface area contributed by atoms with Crippen LogP contribution in [0.3, 0.4) is 0 Å². The molecule has 0 radical (unpaired) electrons. The Morgan fingerprint density at radius 3 is 2.58 bits per heavy atom. The van der Waals surface area contributed by atoms with E-state index in [4.69, 9.17) is 17.3 Å². The van der Waals surface area contributed by atoms with Crippen molar-refractivity contribution >= 4 is 33.1 Å². The number of alkyl halides is 3. The number of hydrogen-bond acceptors (Lipinski definition) is 7. The van der Waals surface area contributed by atoms with E-state index in [2.05, 4.69) is 20.6 Å². The summed E-state index contributed by atoms with van der Waals surface area (Å²) in [5.74, 6) is 0.280. The van der Waals surface area contributed by atoms with Crippen molar-refractivity contribution in [3.8, 4) is 0 Å². The van der Waals surface area contributed by atoms with Gasteiger partial charge in [0.25, 0.3) is 0 Å². The van der Waals surface area contributed by atoms with Gasteiger partial charge in [-0.1, -0.05) is 0 Å². The standard InChI is InChI=1S/C18H20ClF3N6O2S/c1-9(10-2-11(18(20,21)22)4-12(23)3-10)25-16-14-7-28(8-15(14)26-17(19)27-16)31(29,30)13-5-24-6-13/h2-4,9,13,24H,5-8,23H2,1H3,(H,25,26,27)/t9-/m1/s1. The lowest BCUT2D eigenvalue weighted by Gasteiger charge is -2.30. The SMILES string of the molecule is C[C@@H](Nc1nc(Cl)nc2c1CN(S(=O)(=O)C1CNC1)C2)c1cc(N)cc(C(F)(F)F)c1.